The van der Waals surface area contributed by atoms with E-state index in [9.17, 15) is 4.79 Å². The summed E-state index contributed by atoms with van der Waals surface area (Å²) in [5.74, 6) is 0.726. The van der Waals surface area contributed by atoms with E-state index in [0.29, 0.717) is 13.2 Å². The van der Waals surface area contributed by atoms with Gasteiger partial charge in [-0.05, 0) is 46.5 Å². The van der Waals surface area contributed by atoms with Gasteiger partial charge in [-0.25, -0.2) is 4.98 Å². The maximum Gasteiger partial charge on any atom is 0.270 e. The predicted octanol–water partition coefficient (Wildman–Crippen LogP) is 3.13. The van der Waals surface area contributed by atoms with Gasteiger partial charge in [0.05, 0.1) is 24.3 Å². The largest absolute Gasteiger partial charge is 0.497 e. The van der Waals surface area contributed by atoms with Crippen molar-refractivity contribution in [3.63, 3.8) is 0 Å². The molecule has 3 aromatic carbocycles. The van der Waals surface area contributed by atoms with E-state index in [1.54, 1.807) is 11.7 Å². The molecule has 0 saturated carbocycles. The standard InChI is InChI=1S/C27H26N2O3Si/c1-27-20-9-3-5-11-24(20)33(27,25-12-6-4-10-21(25)27)32-16-8-7-15-29-23-17-19(31-2)13-14-22(23)28-18-26(29)30/h3-6,9-14,17-18H,7-8,15-16H2,1-2H3. The Kier molecular flexibility index (Phi) is 4.57. The SMILES string of the molecule is COc1ccc2ncc(=O)n(CCCCO[Si]34c5ccccc5C3(C)c3ccccc34)c2c1. The molecule has 0 spiro atoms. The minimum absolute atomic E-state index is 0.0506. The summed E-state index contributed by atoms with van der Waals surface area (Å²) in [5.41, 5.74) is 4.38. The van der Waals surface area contributed by atoms with Crippen LogP contribution < -0.4 is 20.7 Å². The van der Waals surface area contributed by atoms with Crippen molar-refractivity contribution in [1.82, 2.24) is 9.55 Å². The van der Waals surface area contributed by atoms with E-state index in [1.165, 1.54) is 27.7 Å². The molecule has 0 saturated heterocycles. The number of ether oxygens (including phenoxy) is 1. The lowest BCUT2D eigenvalue weighted by molar-refractivity contribution is 0.275. The van der Waals surface area contributed by atoms with E-state index < -0.39 is 8.32 Å². The van der Waals surface area contributed by atoms with Gasteiger partial charge in [0.2, 0.25) is 0 Å². The lowest BCUT2D eigenvalue weighted by atomic mass is 9.88. The van der Waals surface area contributed by atoms with Crippen molar-refractivity contribution in [3.05, 3.63) is 94.4 Å². The van der Waals surface area contributed by atoms with Crippen molar-refractivity contribution < 1.29 is 9.16 Å². The zero-order valence-electron chi connectivity index (χ0n) is 18.9. The average molecular weight is 455 g/mol. The highest BCUT2D eigenvalue weighted by atomic mass is 28.4. The zero-order valence-corrected chi connectivity index (χ0v) is 19.9. The summed E-state index contributed by atoms with van der Waals surface area (Å²) in [6.07, 6.45) is 3.16. The third kappa shape index (κ3) is 2.62. The molecule has 0 aliphatic carbocycles. The van der Waals surface area contributed by atoms with Crippen LogP contribution in [0.2, 0.25) is 0 Å². The van der Waals surface area contributed by atoms with Crippen molar-refractivity contribution in [2.24, 2.45) is 0 Å². The normalized spacial score (nSPS) is 22.0. The molecule has 0 bridgehead atoms. The maximum atomic E-state index is 12.5. The molecule has 1 aromatic heterocycles. The number of benzene rings is 3. The van der Waals surface area contributed by atoms with Gasteiger partial charge in [0.15, 0.2) is 0 Å². The average Bonchev–Trinajstić information content (AvgIpc) is 2.86. The minimum atomic E-state index is -2.18. The first-order valence-corrected chi connectivity index (χ1v) is 13.4. The third-order valence-corrected chi connectivity index (χ3v) is 12.5. The molecule has 2 aliphatic heterocycles. The second-order valence-corrected chi connectivity index (χ2v) is 12.8. The lowest BCUT2D eigenvalue weighted by Crippen LogP contribution is -2.90. The van der Waals surface area contributed by atoms with E-state index in [4.69, 9.17) is 9.16 Å². The first-order chi connectivity index (χ1) is 16.1. The van der Waals surface area contributed by atoms with E-state index in [-0.39, 0.29) is 10.6 Å². The predicted molar refractivity (Wildman–Crippen MR) is 132 cm³/mol. The highest BCUT2D eigenvalue weighted by Gasteiger charge is 2.74. The van der Waals surface area contributed by atoms with Gasteiger partial charge in [-0.2, -0.15) is 0 Å². The summed E-state index contributed by atoms with van der Waals surface area (Å²) >= 11 is 0. The summed E-state index contributed by atoms with van der Waals surface area (Å²) in [6, 6.07) is 23.2. The Morgan fingerprint density at radius 1 is 0.970 bits per heavy atom. The van der Waals surface area contributed by atoms with Crippen molar-refractivity contribution in [2.75, 3.05) is 13.7 Å². The Morgan fingerprint density at radius 2 is 1.67 bits per heavy atom. The summed E-state index contributed by atoms with van der Waals surface area (Å²) < 4.78 is 14.0. The van der Waals surface area contributed by atoms with Crippen LogP contribution in [0.1, 0.15) is 30.9 Å². The second-order valence-electron chi connectivity index (χ2n) is 9.06. The number of aryl methyl sites for hydroxylation is 1. The molecule has 0 radical (unpaired) electrons. The molecule has 6 heteroatoms. The van der Waals surface area contributed by atoms with E-state index in [2.05, 4.69) is 60.4 Å². The summed E-state index contributed by atoms with van der Waals surface area (Å²) in [7, 11) is -0.546. The molecule has 3 heterocycles. The smallest absolute Gasteiger partial charge is 0.270 e. The van der Waals surface area contributed by atoms with Gasteiger partial charge in [-0.15, -0.1) is 0 Å². The Balaban J connectivity index is 1.19. The van der Waals surface area contributed by atoms with Gasteiger partial charge in [0.1, 0.15) is 5.75 Å². The Morgan fingerprint density at radius 3 is 2.36 bits per heavy atom. The van der Waals surface area contributed by atoms with Crippen molar-refractivity contribution in [3.8, 4) is 5.75 Å². The second kappa shape index (κ2) is 7.40. The van der Waals surface area contributed by atoms with Crippen LogP contribution in [-0.2, 0) is 16.0 Å². The molecule has 33 heavy (non-hydrogen) atoms. The summed E-state index contributed by atoms with van der Waals surface area (Å²) in [4.78, 5) is 16.8. The number of hydrogen-bond acceptors (Lipinski definition) is 4. The topological polar surface area (TPSA) is 53.3 Å². The summed E-state index contributed by atoms with van der Waals surface area (Å²) in [5, 5.41) is 2.90. The van der Waals surface area contributed by atoms with Crippen LogP contribution in [0.15, 0.2) is 77.7 Å². The van der Waals surface area contributed by atoms with Crippen molar-refractivity contribution >= 4 is 29.7 Å². The first-order valence-electron chi connectivity index (χ1n) is 11.5. The minimum Gasteiger partial charge on any atom is -0.497 e. The highest BCUT2D eigenvalue weighted by Crippen LogP contribution is 2.54. The van der Waals surface area contributed by atoms with Crippen LogP contribution in [0.25, 0.3) is 11.0 Å². The number of rotatable bonds is 7. The number of methoxy groups -OCH3 is 1. The van der Waals surface area contributed by atoms with Crippen LogP contribution in [0, 0.1) is 0 Å². The number of hydrogen-bond donors (Lipinski definition) is 0. The maximum absolute atomic E-state index is 12.5. The fourth-order valence-electron chi connectivity index (χ4n) is 5.93. The van der Waals surface area contributed by atoms with E-state index in [0.717, 1.165) is 29.6 Å². The number of unbranched alkanes of at least 4 members (excludes halogenated alkanes) is 1. The van der Waals surface area contributed by atoms with Gasteiger partial charge < -0.3 is 13.7 Å². The molecule has 0 amide bonds. The van der Waals surface area contributed by atoms with Gasteiger partial charge in [0.25, 0.3) is 13.9 Å². The first kappa shape index (κ1) is 20.4. The third-order valence-electron chi connectivity index (χ3n) is 7.54. The van der Waals surface area contributed by atoms with Crippen LogP contribution in [0.4, 0.5) is 0 Å². The molecular formula is C27H26N2O3Si. The molecule has 4 aromatic rings. The Bertz CT molecular complexity index is 1400. The van der Waals surface area contributed by atoms with Gasteiger partial charge in [0, 0.05) is 24.3 Å². The lowest BCUT2D eigenvalue weighted by Gasteiger charge is -2.65. The van der Waals surface area contributed by atoms with E-state index in [1.807, 2.05) is 18.2 Å². The number of fused-ring (bicyclic) bond motifs is 8. The van der Waals surface area contributed by atoms with Crippen molar-refractivity contribution in [2.45, 2.75) is 31.3 Å². The fourth-order valence-corrected chi connectivity index (χ4v) is 11.3. The number of aromatic nitrogens is 2. The van der Waals surface area contributed by atoms with Crippen LogP contribution in [0.5, 0.6) is 5.75 Å². The molecule has 0 N–H and O–H groups in total. The summed E-state index contributed by atoms with van der Waals surface area (Å²) in [6.45, 7) is 3.69. The van der Waals surface area contributed by atoms with Crippen LogP contribution in [-0.4, -0.2) is 31.6 Å². The quantitative estimate of drug-likeness (QED) is 0.318. The molecule has 0 fully saturated rings. The molecule has 166 valence electrons. The van der Waals surface area contributed by atoms with Crippen LogP contribution in [0.3, 0.4) is 0 Å². The zero-order chi connectivity index (χ0) is 22.6. The molecule has 6 rings (SSSR count). The fraction of sp³-hybridized carbons (Fsp3) is 0.259. The van der Waals surface area contributed by atoms with Crippen LogP contribution >= 0.6 is 0 Å². The Hall–Kier alpha value is -3.22. The molecule has 0 unspecified atom stereocenters. The van der Waals surface area contributed by atoms with Gasteiger partial charge in [-0.1, -0.05) is 55.5 Å². The molecule has 5 nitrogen and oxygen atoms in total. The highest BCUT2D eigenvalue weighted by molar-refractivity contribution is 7.07. The van der Waals surface area contributed by atoms with E-state index >= 15 is 0 Å². The monoisotopic (exact) mass is 454 g/mol. The molecule has 0 atom stereocenters. The number of nitrogens with zero attached hydrogens (tertiary/aromatic N) is 2. The van der Waals surface area contributed by atoms with Gasteiger partial charge >= 0.3 is 0 Å². The Labute approximate surface area is 193 Å². The van der Waals surface area contributed by atoms with Gasteiger partial charge in [-0.3, -0.25) is 4.79 Å². The molecular weight excluding hydrogens is 428 g/mol. The van der Waals surface area contributed by atoms with Crippen molar-refractivity contribution in [1.29, 1.82) is 0 Å². The molecule has 2 aliphatic rings.